The molecule has 1 aromatic rings. The molecular formula is C12H20N+. The Balaban J connectivity index is 2.59. The van der Waals surface area contributed by atoms with Crippen LogP contribution in [0.2, 0.25) is 0 Å². The van der Waals surface area contributed by atoms with Gasteiger partial charge >= 0.3 is 0 Å². The predicted molar refractivity (Wildman–Crippen MR) is 56.7 cm³/mol. The highest BCUT2D eigenvalue weighted by Crippen LogP contribution is 2.13. The molecule has 1 aromatic carbocycles. The van der Waals surface area contributed by atoms with Gasteiger partial charge in [-0.05, 0) is 18.4 Å². The van der Waals surface area contributed by atoms with Crippen molar-refractivity contribution < 1.29 is 5.32 Å². The lowest BCUT2D eigenvalue weighted by atomic mass is 10.0. The van der Waals surface area contributed by atoms with Gasteiger partial charge in [0.2, 0.25) is 0 Å². The second-order valence-electron chi connectivity index (χ2n) is 3.80. The Morgan fingerprint density at radius 1 is 1.15 bits per heavy atom. The molecule has 0 aliphatic carbocycles. The molecule has 0 heterocycles. The molecule has 0 aliphatic rings. The number of rotatable bonds is 4. The number of hydrogen-bond acceptors (Lipinski definition) is 0. The smallest absolute Gasteiger partial charge is 0.101 e. The van der Waals surface area contributed by atoms with E-state index in [9.17, 15) is 0 Å². The van der Waals surface area contributed by atoms with Gasteiger partial charge in [-0.1, -0.05) is 38.1 Å². The van der Waals surface area contributed by atoms with Gasteiger partial charge < -0.3 is 5.32 Å². The van der Waals surface area contributed by atoms with Crippen LogP contribution in [0.5, 0.6) is 0 Å². The summed E-state index contributed by atoms with van der Waals surface area (Å²) >= 11 is 0. The average molecular weight is 178 g/mol. The van der Waals surface area contributed by atoms with E-state index in [0.29, 0.717) is 5.92 Å². The minimum absolute atomic E-state index is 0.643. The van der Waals surface area contributed by atoms with Crippen molar-refractivity contribution in [1.29, 1.82) is 0 Å². The molecular weight excluding hydrogens is 158 g/mol. The molecule has 0 bridgehead atoms. The van der Waals surface area contributed by atoms with Crippen LogP contribution in [-0.4, -0.2) is 6.54 Å². The Kier molecular flexibility index (Phi) is 3.97. The minimum atomic E-state index is 0.643. The van der Waals surface area contributed by atoms with E-state index in [-0.39, 0.29) is 0 Å². The Morgan fingerprint density at radius 2 is 1.77 bits per heavy atom. The quantitative estimate of drug-likeness (QED) is 0.725. The van der Waals surface area contributed by atoms with Crippen LogP contribution in [0.15, 0.2) is 24.3 Å². The third-order valence-corrected chi connectivity index (χ3v) is 2.32. The van der Waals surface area contributed by atoms with Gasteiger partial charge in [0.1, 0.15) is 6.54 Å². The molecule has 0 radical (unpaired) electrons. The summed E-state index contributed by atoms with van der Waals surface area (Å²) in [5, 5.41) is 2.31. The maximum absolute atomic E-state index is 2.31. The Bertz CT molecular complexity index is 236. The summed E-state index contributed by atoms with van der Waals surface area (Å²) in [7, 11) is 0. The van der Waals surface area contributed by atoms with Crippen molar-refractivity contribution in [1.82, 2.24) is 0 Å². The zero-order valence-corrected chi connectivity index (χ0v) is 8.88. The van der Waals surface area contributed by atoms with E-state index in [1.165, 1.54) is 11.1 Å². The molecule has 0 saturated carbocycles. The summed E-state index contributed by atoms with van der Waals surface area (Å²) < 4.78 is 0. The largest absolute Gasteiger partial charge is 0.343 e. The van der Waals surface area contributed by atoms with Crippen LogP contribution in [0.1, 0.15) is 37.8 Å². The minimum Gasteiger partial charge on any atom is -0.343 e. The van der Waals surface area contributed by atoms with E-state index in [0.717, 1.165) is 13.1 Å². The number of benzene rings is 1. The highest BCUT2D eigenvalue weighted by Gasteiger charge is 1.98. The van der Waals surface area contributed by atoms with Gasteiger partial charge in [-0.2, -0.15) is 0 Å². The summed E-state index contributed by atoms with van der Waals surface area (Å²) in [6, 6.07) is 8.95. The zero-order valence-electron chi connectivity index (χ0n) is 8.88. The fourth-order valence-corrected chi connectivity index (χ4v) is 1.35. The van der Waals surface area contributed by atoms with Crippen molar-refractivity contribution >= 4 is 0 Å². The van der Waals surface area contributed by atoms with Crippen LogP contribution in [0.4, 0.5) is 0 Å². The van der Waals surface area contributed by atoms with Gasteiger partial charge in [-0.15, -0.1) is 0 Å². The first kappa shape index (κ1) is 10.3. The Labute approximate surface area is 81.2 Å². The van der Waals surface area contributed by atoms with Gasteiger partial charge in [0.05, 0.1) is 6.54 Å². The monoisotopic (exact) mass is 178 g/mol. The third kappa shape index (κ3) is 3.19. The Morgan fingerprint density at radius 3 is 2.23 bits per heavy atom. The number of quaternary nitrogens is 1. The lowest BCUT2D eigenvalue weighted by molar-refractivity contribution is -0.667. The van der Waals surface area contributed by atoms with Gasteiger partial charge in [-0.25, -0.2) is 0 Å². The standard InChI is InChI=1S/C12H19N/c1-4-13-9-11-5-7-12(8-6-11)10(2)3/h5-8,10,13H,4,9H2,1-3H3/p+1. The van der Waals surface area contributed by atoms with Crippen molar-refractivity contribution in [3.05, 3.63) is 35.4 Å². The highest BCUT2D eigenvalue weighted by molar-refractivity contribution is 5.23. The van der Waals surface area contributed by atoms with Gasteiger partial charge in [0.25, 0.3) is 0 Å². The van der Waals surface area contributed by atoms with E-state index < -0.39 is 0 Å². The summed E-state index contributed by atoms with van der Waals surface area (Å²) in [6.45, 7) is 8.91. The summed E-state index contributed by atoms with van der Waals surface area (Å²) in [4.78, 5) is 0. The lowest BCUT2D eigenvalue weighted by Crippen LogP contribution is -2.81. The van der Waals surface area contributed by atoms with Crippen molar-refractivity contribution in [3.8, 4) is 0 Å². The van der Waals surface area contributed by atoms with Crippen molar-refractivity contribution in [3.63, 3.8) is 0 Å². The van der Waals surface area contributed by atoms with E-state index in [4.69, 9.17) is 0 Å². The predicted octanol–water partition coefficient (Wildman–Crippen LogP) is 1.89. The van der Waals surface area contributed by atoms with Crippen LogP contribution in [0.25, 0.3) is 0 Å². The third-order valence-electron chi connectivity index (χ3n) is 2.32. The molecule has 0 amide bonds. The maximum atomic E-state index is 2.31. The van der Waals surface area contributed by atoms with Crippen LogP contribution < -0.4 is 5.32 Å². The van der Waals surface area contributed by atoms with Crippen LogP contribution in [0, 0.1) is 0 Å². The fraction of sp³-hybridized carbons (Fsp3) is 0.500. The van der Waals surface area contributed by atoms with E-state index in [1.807, 2.05) is 0 Å². The molecule has 0 spiro atoms. The van der Waals surface area contributed by atoms with Crippen LogP contribution >= 0.6 is 0 Å². The second kappa shape index (κ2) is 5.03. The summed E-state index contributed by atoms with van der Waals surface area (Å²) in [5.74, 6) is 0.643. The van der Waals surface area contributed by atoms with Crippen molar-refractivity contribution in [2.75, 3.05) is 6.54 Å². The summed E-state index contributed by atoms with van der Waals surface area (Å²) in [5.41, 5.74) is 2.85. The first-order valence-electron chi connectivity index (χ1n) is 5.14. The van der Waals surface area contributed by atoms with Crippen molar-refractivity contribution in [2.45, 2.75) is 33.2 Å². The second-order valence-corrected chi connectivity index (χ2v) is 3.80. The molecule has 13 heavy (non-hydrogen) atoms. The van der Waals surface area contributed by atoms with E-state index >= 15 is 0 Å². The normalized spacial score (nSPS) is 10.8. The molecule has 0 aromatic heterocycles. The van der Waals surface area contributed by atoms with Gasteiger partial charge in [-0.3, -0.25) is 0 Å². The molecule has 0 fully saturated rings. The van der Waals surface area contributed by atoms with Gasteiger partial charge in [0.15, 0.2) is 0 Å². The topological polar surface area (TPSA) is 16.6 Å². The molecule has 0 atom stereocenters. The molecule has 0 aliphatic heterocycles. The van der Waals surface area contributed by atoms with Crippen LogP contribution in [-0.2, 0) is 6.54 Å². The zero-order chi connectivity index (χ0) is 9.68. The molecule has 72 valence electrons. The summed E-state index contributed by atoms with van der Waals surface area (Å²) in [6.07, 6.45) is 0. The Hall–Kier alpha value is -0.820. The molecule has 0 saturated heterocycles. The lowest BCUT2D eigenvalue weighted by Gasteiger charge is -2.05. The maximum Gasteiger partial charge on any atom is 0.101 e. The van der Waals surface area contributed by atoms with Crippen LogP contribution in [0.3, 0.4) is 0 Å². The highest BCUT2D eigenvalue weighted by atomic mass is 14.8. The number of nitrogens with two attached hydrogens (primary N) is 1. The van der Waals surface area contributed by atoms with Crippen molar-refractivity contribution in [2.24, 2.45) is 0 Å². The molecule has 1 heteroatoms. The number of hydrogen-bond donors (Lipinski definition) is 1. The van der Waals surface area contributed by atoms with Gasteiger partial charge in [0, 0.05) is 5.56 Å². The molecule has 0 unspecified atom stereocenters. The molecule has 1 rings (SSSR count). The SMILES string of the molecule is CC[NH2+]Cc1ccc(C(C)C)cc1. The first-order valence-corrected chi connectivity index (χ1v) is 5.14. The first-order chi connectivity index (χ1) is 6.24. The average Bonchev–Trinajstić information content (AvgIpc) is 2.15. The fourth-order valence-electron chi connectivity index (χ4n) is 1.35. The van der Waals surface area contributed by atoms with E-state index in [2.05, 4.69) is 50.4 Å². The molecule has 2 N–H and O–H groups in total. The van der Waals surface area contributed by atoms with E-state index in [1.54, 1.807) is 0 Å². The molecule has 1 nitrogen and oxygen atoms in total.